The molecule has 0 aliphatic carbocycles. The van der Waals surface area contributed by atoms with Gasteiger partial charge in [-0.3, -0.25) is 10.1 Å². The van der Waals surface area contributed by atoms with Crippen molar-refractivity contribution in [2.24, 2.45) is 5.92 Å². The largest absolute Gasteiger partial charge is 0.264 e. The third kappa shape index (κ3) is 1.87. The van der Waals surface area contributed by atoms with Crippen molar-refractivity contribution >= 4 is 0 Å². The van der Waals surface area contributed by atoms with E-state index in [1.54, 1.807) is 0 Å². The van der Waals surface area contributed by atoms with Crippen LogP contribution in [-0.4, -0.2) is 29.3 Å². The predicted molar refractivity (Wildman–Crippen MR) is 37.0 cm³/mol. The Hall–Kier alpha value is -0.680. The highest BCUT2D eigenvalue weighted by Crippen LogP contribution is 2.10. The lowest BCUT2D eigenvalue weighted by Gasteiger charge is -2.24. The Morgan fingerprint density at radius 2 is 2.36 bits per heavy atom. The maximum Gasteiger partial charge on any atom is 0.226 e. The van der Waals surface area contributed by atoms with E-state index in [4.69, 9.17) is 5.21 Å². The maximum atomic E-state index is 10.4. The number of hydrogen-bond donors (Lipinski definition) is 2. The van der Waals surface area contributed by atoms with Crippen LogP contribution >= 0.6 is 0 Å². The van der Waals surface area contributed by atoms with Crippen molar-refractivity contribution in [3.05, 3.63) is 10.1 Å². The van der Waals surface area contributed by atoms with Crippen LogP contribution in [-0.2, 0) is 0 Å². The Morgan fingerprint density at radius 3 is 2.82 bits per heavy atom. The Labute approximate surface area is 64.7 Å². The van der Waals surface area contributed by atoms with Crippen molar-refractivity contribution in [3.8, 4) is 0 Å². The first-order valence-electron chi connectivity index (χ1n) is 3.78. The monoisotopic (exact) mass is 161 g/mol. The summed E-state index contributed by atoms with van der Waals surface area (Å²) >= 11 is 0. The lowest BCUT2D eigenvalue weighted by atomic mass is 9.96. The van der Waals surface area contributed by atoms with Gasteiger partial charge in [0.15, 0.2) is 0 Å². The van der Waals surface area contributed by atoms with Gasteiger partial charge in [-0.05, 0) is 0 Å². The second-order valence-electron chi connectivity index (χ2n) is 3.14. The van der Waals surface area contributed by atoms with Gasteiger partial charge in [-0.1, -0.05) is 6.92 Å². The van der Waals surface area contributed by atoms with E-state index in [0.717, 1.165) is 0 Å². The standard InChI is InChI=1S/C6H12N2O3/c1-5-4-7(9)3-2-6(5)8(10)11/h5-6,9H,2-4H2,1H3/p+1. The minimum absolute atomic E-state index is 0.0150. The highest BCUT2D eigenvalue weighted by Gasteiger charge is 2.36. The van der Waals surface area contributed by atoms with E-state index in [2.05, 4.69) is 0 Å². The van der Waals surface area contributed by atoms with Crippen molar-refractivity contribution < 1.29 is 15.2 Å². The molecule has 0 radical (unpaired) electrons. The van der Waals surface area contributed by atoms with Crippen LogP contribution in [0, 0.1) is 16.0 Å². The van der Waals surface area contributed by atoms with Gasteiger partial charge < -0.3 is 0 Å². The fourth-order valence-electron chi connectivity index (χ4n) is 1.52. The number of quaternary nitrogens is 1. The molecule has 0 aromatic heterocycles. The number of nitrogens with zero attached hydrogens (tertiary/aromatic N) is 1. The molecule has 0 saturated carbocycles. The molecular formula is C6H13N2O3+. The van der Waals surface area contributed by atoms with Crippen molar-refractivity contribution in [1.82, 2.24) is 0 Å². The molecule has 0 aromatic rings. The smallest absolute Gasteiger partial charge is 0.226 e. The lowest BCUT2D eigenvalue weighted by Crippen LogP contribution is -3.12. The first-order chi connectivity index (χ1) is 5.11. The second kappa shape index (κ2) is 3.15. The number of nitrogens with one attached hydrogen (secondary N) is 1. The fraction of sp³-hybridized carbons (Fsp3) is 1.00. The van der Waals surface area contributed by atoms with Gasteiger partial charge in [0.25, 0.3) is 0 Å². The number of hydrogen-bond acceptors (Lipinski definition) is 3. The molecule has 2 N–H and O–H groups in total. The third-order valence-electron chi connectivity index (χ3n) is 2.21. The highest BCUT2D eigenvalue weighted by molar-refractivity contribution is 4.66. The van der Waals surface area contributed by atoms with Crippen molar-refractivity contribution in [1.29, 1.82) is 0 Å². The van der Waals surface area contributed by atoms with Gasteiger partial charge >= 0.3 is 0 Å². The van der Waals surface area contributed by atoms with Crippen LogP contribution in [0.3, 0.4) is 0 Å². The van der Waals surface area contributed by atoms with Crippen LogP contribution in [0.4, 0.5) is 0 Å². The molecule has 1 saturated heterocycles. The van der Waals surface area contributed by atoms with Crippen LogP contribution in [0.1, 0.15) is 13.3 Å². The summed E-state index contributed by atoms with van der Waals surface area (Å²) in [7, 11) is 0. The summed E-state index contributed by atoms with van der Waals surface area (Å²) in [6, 6.07) is -0.453. The number of rotatable bonds is 1. The Balaban J connectivity index is 2.50. The number of piperidine rings is 1. The molecule has 1 aliphatic rings. The molecule has 1 fully saturated rings. The average Bonchev–Trinajstić information content (AvgIpc) is 1.85. The molecule has 64 valence electrons. The highest BCUT2D eigenvalue weighted by atomic mass is 16.6. The summed E-state index contributed by atoms with van der Waals surface area (Å²) < 4.78 is 0. The first-order valence-corrected chi connectivity index (χ1v) is 3.78. The van der Waals surface area contributed by atoms with Gasteiger partial charge in [-0.2, -0.15) is 5.06 Å². The molecule has 5 nitrogen and oxygen atoms in total. The lowest BCUT2D eigenvalue weighted by molar-refractivity contribution is -1.10. The van der Waals surface area contributed by atoms with E-state index >= 15 is 0 Å². The average molecular weight is 161 g/mol. The summed E-state index contributed by atoms with van der Waals surface area (Å²) in [6.45, 7) is 2.80. The number of hydroxylamine groups is 2. The molecule has 0 spiro atoms. The topological polar surface area (TPSA) is 67.8 Å². The molecule has 1 heterocycles. The van der Waals surface area contributed by atoms with Gasteiger partial charge in [0.1, 0.15) is 13.1 Å². The fourth-order valence-corrected chi connectivity index (χ4v) is 1.52. The molecule has 0 bridgehead atoms. The molecule has 1 rings (SSSR count). The third-order valence-corrected chi connectivity index (χ3v) is 2.21. The maximum absolute atomic E-state index is 10.4. The number of nitro groups is 1. The minimum atomic E-state index is -0.453. The second-order valence-corrected chi connectivity index (χ2v) is 3.14. The summed E-state index contributed by atoms with van der Waals surface area (Å²) in [6.07, 6.45) is 0.486. The molecule has 0 aromatic carbocycles. The summed E-state index contributed by atoms with van der Waals surface area (Å²) in [5.74, 6) is -0.0150. The van der Waals surface area contributed by atoms with Crippen LogP contribution in [0.15, 0.2) is 0 Å². The molecule has 3 atom stereocenters. The first kappa shape index (κ1) is 8.42. The van der Waals surface area contributed by atoms with Crippen LogP contribution in [0.25, 0.3) is 0 Å². The molecule has 5 heteroatoms. The quantitative estimate of drug-likeness (QED) is 0.380. The molecule has 0 amide bonds. The Kier molecular flexibility index (Phi) is 2.41. The van der Waals surface area contributed by atoms with Crippen molar-refractivity contribution in [2.45, 2.75) is 19.4 Å². The Bertz CT molecular complexity index is 162. The van der Waals surface area contributed by atoms with Gasteiger partial charge in [-0.15, -0.1) is 0 Å². The zero-order valence-electron chi connectivity index (χ0n) is 6.49. The van der Waals surface area contributed by atoms with Crippen molar-refractivity contribution in [2.75, 3.05) is 13.1 Å². The van der Waals surface area contributed by atoms with E-state index in [1.165, 1.54) is 0 Å². The SMILES string of the molecule is CC1C[NH+](O)CCC1[N+](=O)[O-]. The summed E-state index contributed by atoms with van der Waals surface area (Å²) in [5.41, 5.74) is 0. The summed E-state index contributed by atoms with van der Waals surface area (Å²) in [4.78, 5) is 10.1. The van der Waals surface area contributed by atoms with Crippen LogP contribution < -0.4 is 5.06 Å². The zero-order valence-corrected chi connectivity index (χ0v) is 6.49. The van der Waals surface area contributed by atoms with Gasteiger partial charge in [0.05, 0.1) is 12.3 Å². The van der Waals surface area contributed by atoms with E-state index < -0.39 is 6.04 Å². The van der Waals surface area contributed by atoms with Crippen LogP contribution in [0.2, 0.25) is 0 Å². The summed E-state index contributed by atoms with van der Waals surface area (Å²) in [5, 5.41) is 19.9. The van der Waals surface area contributed by atoms with Gasteiger partial charge in [0, 0.05) is 4.92 Å². The molecule has 11 heavy (non-hydrogen) atoms. The molecular weight excluding hydrogens is 148 g/mol. The van der Waals surface area contributed by atoms with Gasteiger partial charge in [-0.25, -0.2) is 5.21 Å². The molecule has 3 unspecified atom stereocenters. The van der Waals surface area contributed by atoms with Crippen molar-refractivity contribution in [3.63, 3.8) is 0 Å². The van der Waals surface area contributed by atoms with E-state index in [1.807, 2.05) is 6.92 Å². The predicted octanol–water partition coefficient (Wildman–Crippen LogP) is -1.05. The zero-order chi connectivity index (χ0) is 8.43. The Morgan fingerprint density at radius 1 is 1.73 bits per heavy atom. The van der Waals surface area contributed by atoms with Gasteiger partial charge in [0.2, 0.25) is 6.04 Å². The van der Waals surface area contributed by atoms with E-state index in [9.17, 15) is 10.1 Å². The minimum Gasteiger partial charge on any atom is -0.264 e. The van der Waals surface area contributed by atoms with E-state index in [0.29, 0.717) is 24.6 Å². The van der Waals surface area contributed by atoms with Crippen LogP contribution in [0.5, 0.6) is 0 Å². The molecule has 1 aliphatic heterocycles. The normalized spacial score (nSPS) is 38.5. The van der Waals surface area contributed by atoms with E-state index in [-0.39, 0.29) is 10.8 Å².